The first-order valence-corrected chi connectivity index (χ1v) is 8.31. The Hall–Kier alpha value is -1.31. The molecule has 0 spiro atoms. The van der Waals surface area contributed by atoms with Crippen molar-refractivity contribution in [3.8, 4) is 5.75 Å². The van der Waals surface area contributed by atoms with Gasteiger partial charge in [-0.3, -0.25) is 4.79 Å². The van der Waals surface area contributed by atoms with Crippen LogP contribution in [0.2, 0.25) is 5.02 Å². The maximum Gasteiger partial charge on any atom is 0.241 e. The predicted octanol–water partition coefficient (Wildman–Crippen LogP) is 1.54. The van der Waals surface area contributed by atoms with E-state index in [1.807, 2.05) is 6.92 Å². The van der Waals surface area contributed by atoms with Gasteiger partial charge in [0, 0.05) is 6.54 Å². The van der Waals surface area contributed by atoms with Crippen molar-refractivity contribution in [2.45, 2.75) is 31.2 Å². The highest BCUT2D eigenvalue weighted by molar-refractivity contribution is 7.89. The van der Waals surface area contributed by atoms with Crippen LogP contribution in [0.3, 0.4) is 0 Å². The molecule has 0 aliphatic rings. The molecule has 0 bridgehead atoms. The number of ether oxygens (including phenoxy) is 1. The molecule has 1 atom stereocenters. The molecule has 118 valence electrons. The van der Waals surface area contributed by atoms with Crippen LogP contribution in [0, 0.1) is 0 Å². The molecular formula is C13H19ClN2O4S. The van der Waals surface area contributed by atoms with E-state index in [-0.39, 0.29) is 15.8 Å². The summed E-state index contributed by atoms with van der Waals surface area (Å²) in [5.41, 5.74) is 0. The van der Waals surface area contributed by atoms with Gasteiger partial charge >= 0.3 is 0 Å². The average molecular weight is 335 g/mol. The zero-order valence-electron chi connectivity index (χ0n) is 12.1. The quantitative estimate of drug-likeness (QED) is 0.792. The minimum Gasteiger partial charge on any atom is -0.495 e. The second-order valence-electron chi connectivity index (χ2n) is 4.43. The lowest BCUT2D eigenvalue weighted by Crippen LogP contribution is -2.44. The number of carbonyl (C=O) groups excluding carboxylic acids is 1. The Morgan fingerprint density at radius 1 is 1.43 bits per heavy atom. The Morgan fingerprint density at radius 2 is 2.10 bits per heavy atom. The number of hydrogen-bond acceptors (Lipinski definition) is 4. The molecule has 1 amide bonds. The second kappa shape index (κ2) is 7.63. The van der Waals surface area contributed by atoms with Gasteiger partial charge in [-0.2, -0.15) is 4.72 Å². The number of halogens is 1. The number of nitrogens with one attached hydrogen (secondary N) is 2. The molecule has 1 unspecified atom stereocenters. The van der Waals surface area contributed by atoms with Gasteiger partial charge in [-0.1, -0.05) is 18.5 Å². The fourth-order valence-electron chi connectivity index (χ4n) is 1.57. The number of amides is 1. The monoisotopic (exact) mass is 334 g/mol. The molecule has 0 heterocycles. The van der Waals surface area contributed by atoms with Crippen LogP contribution in [0.15, 0.2) is 23.1 Å². The van der Waals surface area contributed by atoms with E-state index < -0.39 is 16.1 Å². The number of carbonyl (C=O) groups is 1. The van der Waals surface area contributed by atoms with Crippen molar-refractivity contribution in [1.29, 1.82) is 0 Å². The summed E-state index contributed by atoms with van der Waals surface area (Å²) < 4.78 is 31.6. The molecule has 1 aromatic rings. The SMILES string of the molecule is CCCNC(=O)C(C)NS(=O)(=O)c1ccc(OC)c(Cl)c1. The van der Waals surface area contributed by atoms with E-state index >= 15 is 0 Å². The van der Waals surface area contributed by atoms with Gasteiger partial charge in [-0.15, -0.1) is 0 Å². The van der Waals surface area contributed by atoms with Crippen LogP contribution in [0.1, 0.15) is 20.3 Å². The maximum absolute atomic E-state index is 12.2. The fraction of sp³-hybridized carbons (Fsp3) is 0.462. The largest absolute Gasteiger partial charge is 0.495 e. The summed E-state index contributed by atoms with van der Waals surface area (Å²) in [4.78, 5) is 11.7. The third-order valence-electron chi connectivity index (χ3n) is 2.71. The van der Waals surface area contributed by atoms with Crippen LogP contribution in [0.4, 0.5) is 0 Å². The molecule has 0 aliphatic carbocycles. The van der Waals surface area contributed by atoms with Crippen molar-refractivity contribution < 1.29 is 17.9 Å². The summed E-state index contributed by atoms with van der Waals surface area (Å²) in [6.45, 7) is 3.89. The van der Waals surface area contributed by atoms with Crippen LogP contribution in [0.25, 0.3) is 0 Å². The van der Waals surface area contributed by atoms with Crippen molar-refractivity contribution in [3.05, 3.63) is 23.2 Å². The molecule has 0 aliphatic heterocycles. The van der Waals surface area contributed by atoms with Gasteiger partial charge in [0.05, 0.1) is 23.1 Å². The second-order valence-corrected chi connectivity index (χ2v) is 6.55. The highest BCUT2D eigenvalue weighted by Gasteiger charge is 2.22. The van der Waals surface area contributed by atoms with E-state index in [4.69, 9.17) is 16.3 Å². The Labute approximate surface area is 129 Å². The van der Waals surface area contributed by atoms with Crippen LogP contribution >= 0.6 is 11.6 Å². The van der Waals surface area contributed by atoms with Gasteiger partial charge in [-0.25, -0.2) is 8.42 Å². The first-order chi connectivity index (χ1) is 9.81. The van der Waals surface area contributed by atoms with Gasteiger partial charge in [0.2, 0.25) is 15.9 Å². The number of rotatable bonds is 7. The Balaban J connectivity index is 2.86. The van der Waals surface area contributed by atoms with Gasteiger partial charge in [0.25, 0.3) is 0 Å². The Kier molecular flexibility index (Phi) is 6.44. The van der Waals surface area contributed by atoms with Crippen molar-refractivity contribution in [2.24, 2.45) is 0 Å². The summed E-state index contributed by atoms with van der Waals surface area (Å²) >= 11 is 5.91. The molecule has 8 heteroatoms. The molecule has 1 aromatic carbocycles. The minimum absolute atomic E-state index is 0.0246. The Bertz CT molecular complexity index is 604. The summed E-state index contributed by atoms with van der Waals surface area (Å²) in [5.74, 6) is 0.00406. The molecule has 6 nitrogen and oxygen atoms in total. The van der Waals surface area contributed by atoms with E-state index in [1.54, 1.807) is 0 Å². The van der Waals surface area contributed by atoms with Gasteiger partial charge in [-0.05, 0) is 31.5 Å². The van der Waals surface area contributed by atoms with E-state index in [1.165, 1.54) is 32.2 Å². The number of benzene rings is 1. The van der Waals surface area contributed by atoms with Crippen molar-refractivity contribution in [1.82, 2.24) is 10.0 Å². The molecule has 0 fully saturated rings. The van der Waals surface area contributed by atoms with Gasteiger partial charge in [0.1, 0.15) is 5.75 Å². The van der Waals surface area contributed by atoms with Crippen molar-refractivity contribution in [3.63, 3.8) is 0 Å². The lowest BCUT2D eigenvalue weighted by Gasteiger charge is -2.14. The van der Waals surface area contributed by atoms with E-state index in [0.717, 1.165) is 6.42 Å². The standard InChI is InChI=1S/C13H19ClN2O4S/c1-4-7-15-13(17)9(2)16-21(18,19)10-5-6-12(20-3)11(14)8-10/h5-6,8-9,16H,4,7H2,1-3H3,(H,15,17). The van der Waals surface area contributed by atoms with Crippen molar-refractivity contribution >= 4 is 27.5 Å². The van der Waals surface area contributed by atoms with Crippen molar-refractivity contribution in [2.75, 3.05) is 13.7 Å². The summed E-state index contributed by atoms with van der Waals surface area (Å²) in [7, 11) is -2.39. The number of sulfonamides is 1. The zero-order valence-corrected chi connectivity index (χ0v) is 13.7. The maximum atomic E-state index is 12.2. The van der Waals surface area contributed by atoms with E-state index in [2.05, 4.69) is 10.0 Å². The lowest BCUT2D eigenvalue weighted by molar-refractivity contribution is -0.122. The smallest absolute Gasteiger partial charge is 0.241 e. The highest BCUT2D eigenvalue weighted by atomic mass is 35.5. The fourth-order valence-corrected chi connectivity index (χ4v) is 3.12. The number of hydrogen-bond donors (Lipinski definition) is 2. The molecular weight excluding hydrogens is 316 g/mol. The first kappa shape index (κ1) is 17.7. The molecule has 2 N–H and O–H groups in total. The van der Waals surface area contributed by atoms with E-state index in [0.29, 0.717) is 12.3 Å². The van der Waals surface area contributed by atoms with E-state index in [9.17, 15) is 13.2 Å². The molecule has 21 heavy (non-hydrogen) atoms. The third kappa shape index (κ3) is 4.87. The van der Waals surface area contributed by atoms with Crippen LogP contribution in [-0.2, 0) is 14.8 Å². The van der Waals surface area contributed by atoms with Crippen LogP contribution in [-0.4, -0.2) is 34.0 Å². The Morgan fingerprint density at radius 3 is 2.62 bits per heavy atom. The zero-order chi connectivity index (χ0) is 16.0. The minimum atomic E-state index is -3.83. The van der Waals surface area contributed by atoms with Gasteiger partial charge in [0.15, 0.2) is 0 Å². The summed E-state index contributed by atoms with van der Waals surface area (Å²) in [6, 6.07) is 3.23. The predicted molar refractivity (Wildman–Crippen MR) is 81.1 cm³/mol. The van der Waals surface area contributed by atoms with Gasteiger partial charge < -0.3 is 10.1 Å². The molecule has 0 saturated heterocycles. The van der Waals surface area contributed by atoms with Crippen LogP contribution in [0.5, 0.6) is 5.75 Å². The summed E-state index contributed by atoms with van der Waals surface area (Å²) in [5, 5.41) is 2.81. The summed E-state index contributed by atoms with van der Waals surface area (Å²) in [6.07, 6.45) is 0.777. The number of methoxy groups -OCH3 is 1. The topological polar surface area (TPSA) is 84.5 Å². The molecule has 0 radical (unpaired) electrons. The third-order valence-corrected chi connectivity index (χ3v) is 4.54. The molecule has 0 saturated carbocycles. The lowest BCUT2D eigenvalue weighted by atomic mass is 10.3. The van der Waals surface area contributed by atoms with Crippen LogP contribution < -0.4 is 14.8 Å². The molecule has 0 aromatic heterocycles. The normalized spacial score (nSPS) is 12.8. The molecule has 1 rings (SSSR count). The highest BCUT2D eigenvalue weighted by Crippen LogP contribution is 2.26. The average Bonchev–Trinajstić information content (AvgIpc) is 2.44. The first-order valence-electron chi connectivity index (χ1n) is 6.45.